The summed E-state index contributed by atoms with van der Waals surface area (Å²) in [6, 6.07) is 4.11. The van der Waals surface area contributed by atoms with Crippen molar-refractivity contribution in [3.63, 3.8) is 0 Å². The van der Waals surface area contributed by atoms with Gasteiger partial charge in [0.15, 0.2) is 0 Å². The van der Waals surface area contributed by atoms with Crippen LogP contribution >= 0.6 is 12.4 Å². The normalized spacial score (nSPS) is 15.8. The van der Waals surface area contributed by atoms with E-state index >= 15 is 0 Å². The zero-order valence-corrected chi connectivity index (χ0v) is 8.18. The second-order valence-corrected chi connectivity index (χ2v) is 2.93. The Morgan fingerprint density at radius 3 is 2.62 bits per heavy atom. The molecule has 70 valence electrons. The van der Waals surface area contributed by atoms with Crippen molar-refractivity contribution in [2.75, 3.05) is 13.1 Å². The summed E-state index contributed by atoms with van der Waals surface area (Å²) in [4.78, 5) is 3.99. The molecule has 0 aliphatic carbocycles. The fourth-order valence-corrected chi connectivity index (χ4v) is 1.43. The van der Waals surface area contributed by atoms with Gasteiger partial charge in [0.1, 0.15) is 0 Å². The Bertz CT molecular complexity index is 282. The molecule has 2 nitrogen and oxygen atoms in total. The smallest absolute Gasteiger partial charge is 0.0273 e. The lowest BCUT2D eigenvalue weighted by Gasteiger charge is -2.13. The van der Waals surface area contributed by atoms with E-state index in [1.165, 1.54) is 11.1 Å². The van der Waals surface area contributed by atoms with E-state index in [-0.39, 0.29) is 12.4 Å². The summed E-state index contributed by atoms with van der Waals surface area (Å²) < 4.78 is 0. The van der Waals surface area contributed by atoms with E-state index in [0.717, 1.165) is 19.5 Å². The van der Waals surface area contributed by atoms with Gasteiger partial charge < -0.3 is 5.32 Å². The maximum atomic E-state index is 3.99. The Hall–Kier alpha value is -0.860. The minimum Gasteiger partial charge on any atom is -0.312 e. The number of halogens is 1. The lowest BCUT2D eigenvalue weighted by Crippen LogP contribution is -2.21. The van der Waals surface area contributed by atoms with E-state index in [2.05, 4.69) is 28.5 Å². The fourth-order valence-electron chi connectivity index (χ4n) is 1.43. The number of hydrogen-bond acceptors (Lipinski definition) is 2. The Morgan fingerprint density at radius 2 is 2.00 bits per heavy atom. The third kappa shape index (κ3) is 2.54. The van der Waals surface area contributed by atoms with Gasteiger partial charge in [0.05, 0.1) is 0 Å². The number of nitrogens with one attached hydrogen (secondary N) is 1. The molecule has 2 heterocycles. The quantitative estimate of drug-likeness (QED) is 0.742. The van der Waals surface area contributed by atoms with Crippen molar-refractivity contribution in [2.24, 2.45) is 0 Å². The van der Waals surface area contributed by atoms with E-state index in [9.17, 15) is 0 Å². The molecule has 13 heavy (non-hydrogen) atoms. The largest absolute Gasteiger partial charge is 0.312 e. The maximum Gasteiger partial charge on any atom is 0.0273 e. The van der Waals surface area contributed by atoms with Crippen LogP contribution in [0.3, 0.4) is 0 Å². The number of aromatic nitrogens is 1. The second-order valence-electron chi connectivity index (χ2n) is 2.93. The summed E-state index contributed by atoms with van der Waals surface area (Å²) in [5.41, 5.74) is 2.68. The lowest BCUT2D eigenvalue weighted by atomic mass is 10.0. The summed E-state index contributed by atoms with van der Waals surface area (Å²) >= 11 is 0. The Labute approximate surface area is 84.5 Å². The van der Waals surface area contributed by atoms with Gasteiger partial charge >= 0.3 is 0 Å². The predicted molar refractivity (Wildman–Crippen MR) is 56.9 cm³/mol. The molecule has 0 spiro atoms. The second kappa shape index (κ2) is 5.00. The van der Waals surface area contributed by atoms with Crippen LogP contribution in [-0.4, -0.2) is 18.1 Å². The summed E-state index contributed by atoms with van der Waals surface area (Å²) in [6.07, 6.45) is 7.11. The van der Waals surface area contributed by atoms with Crippen molar-refractivity contribution in [1.82, 2.24) is 10.3 Å². The monoisotopic (exact) mass is 196 g/mol. The third-order valence-electron chi connectivity index (χ3n) is 2.08. The minimum atomic E-state index is 0. The Kier molecular flexibility index (Phi) is 3.93. The molecule has 0 radical (unpaired) electrons. The van der Waals surface area contributed by atoms with Crippen LogP contribution in [0.25, 0.3) is 5.57 Å². The molecule has 0 fully saturated rings. The van der Waals surface area contributed by atoms with Gasteiger partial charge in [-0.25, -0.2) is 0 Å². The average molecular weight is 197 g/mol. The van der Waals surface area contributed by atoms with Gasteiger partial charge in [-0.3, -0.25) is 4.98 Å². The molecule has 1 aliphatic heterocycles. The van der Waals surface area contributed by atoms with Crippen LogP contribution in [0.5, 0.6) is 0 Å². The molecule has 0 unspecified atom stereocenters. The summed E-state index contributed by atoms with van der Waals surface area (Å²) in [5.74, 6) is 0. The molecular weight excluding hydrogens is 184 g/mol. The lowest BCUT2D eigenvalue weighted by molar-refractivity contribution is 0.739. The van der Waals surface area contributed by atoms with Gasteiger partial charge in [-0.15, -0.1) is 12.4 Å². The summed E-state index contributed by atoms with van der Waals surface area (Å²) in [5, 5.41) is 3.34. The van der Waals surface area contributed by atoms with Crippen molar-refractivity contribution >= 4 is 18.0 Å². The van der Waals surface area contributed by atoms with Gasteiger partial charge in [-0.05, 0) is 36.2 Å². The van der Waals surface area contributed by atoms with Crippen LogP contribution in [0, 0.1) is 0 Å². The molecule has 0 bridgehead atoms. The highest BCUT2D eigenvalue weighted by Crippen LogP contribution is 2.14. The van der Waals surface area contributed by atoms with Gasteiger partial charge in [-0.2, -0.15) is 0 Å². The van der Waals surface area contributed by atoms with Crippen LogP contribution < -0.4 is 5.32 Å². The van der Waals surface area contributed by atoms with Crippen molar-refractivity contribution in [3.8, 4) is 0 Å². The van der Waals surface area contributed by atoms with Crippen molar-refractivity contribution in [2.45, 2.75) is 6.42 Å². The molecule has 1 aliphatic rings. The number of nitrogens with zero attached hydrogens (tertiary/aromatic N) is 1. The molecule has 0 saturated heterocycles. The molecule has 0 aromatic carbocycles. The Balaban J connectivity index is 0.000000845. The van der Waals surface area contributed by atoms with Crippen LogP contribution in [0.2, 0.25) is 0 Å². The van der Waals surface area contributed by atoms with Crippen LogP contribution in [0.4, 0.5) is 0 Å². The molecule has 1 N–H and O–H groups in total. The predicted octanol–water partition coefficient (Wildman–Crippen LogP) is 1.88. The minimum absolute atomic E-state index is 0. The highest BCUT2D eigenvalue weighted by Gasteiger charge is 2.03. The molecular formula is C10H13ClN2. The average Bonchev–Trinajstić information content (AvgIpc) is 2.21. The first-order valence-corrected chi connectivity index (χ1v) is 4.27. The summed E-state index contributed by atoms with van der Waals surface area (Å²) in [6.45, 7) is 2.10. The van der Waals surface area contributed by atoms with Crippen LogP contribution in [0.15, 0.2) is 30.6 Å². The van der Waals surface area contributed by atoms with Gasteiger partial charge in [0, 0.05) is 18.9 Å². The third-order valence-corrected chi connectivity index (χ3v) is 2.08. The number of hydrogen-bond donors (Lipinski definition) is 1. The van der Waals surface area contributed by atoms with E-state index in [0.29, 0.717) is 0 Å². The number of pyridine rings is 1. The first-order valence-electron chi connectivity index (χ1n) is 4.27. The van der Waals surface area contributed by atoms with E-state index in [4.69, 9.17) is 0 Å². The standard InChI is InChI=1S/C10H12N2.ClH/c1-2-10(8-12-5-1)9-3-6-11-7-4-9;/h2-4,6-7,12H,1,5,8H2;1H. The van der Waals surface area contributed by atoms with Crippen LogP contribution in [0.1, 0.15) is 12.0 Å². The highest BCUT2D eigenvalue weighted by atomic mass is 35.5. The first kappa shape index (κ1) is 10.2. The SMILES string of the molecule is C1=C(c2ccncc2)CNCC1.Cl. The zero-order chi connectivity index (χ0) is 8.23. The fraction of sp³-hybridized carbons (Fsp3) is 0.300. The van der Waals surface area contributed by atoms with Crippen molar-refractivity contribution < 1.29 is 0 Å². The van der Waals surface area contributed by atoms with E-state index in [1.54, 1.807) is 0 Å². The molecule has 3 heteroatoms. The van der Waals surface area contributed by atoms with Gasteiger partial charge in [0.25, 0.3) is 0 Å². The van der Waals surface area contributed by atoms with Crippen molar-refractivity contribution in [1.29, 1.82) is 0 Å². The molecule has 1 aromatic heterocycles. The first-order chi connectivity index (χ1) is 5.97. The molecule has 2 rings (SSSR count). The van der Waals surface area contributed by atoms with E-state index < -0.39 is 0 Å². The number of rotatable bonds is 1. The van der Waals surface area contributed by atoms with E-state index in [1.807, 2.05) is 12.4 Å². The van der Waals surface area contributed by atoms with Gasteiger partial charge in [-0.1, -0.05) is 6.08 Å². The molecule has 1 aromatic rings. The Morgan fingerprint density at radius 1 is 1.23 bits per heavy atom. The molecule has 0 atom stereocenters. The van der Waals surface area contributed by atoms with Crippen molar-refractivity contribution in [3.05, 3.63) is 36.2 Å². The molecule has 0 saturated carbocycles. The highest BCUT2D eigenvalue weighted by molar-refractivity contribution is 5.85. The summed E-state index contributed by atoms with van der Waals surface area (Å²) in [7, 11) is 0. The van der Waals surface area contributed by atoms with Gasteiger partial charge in [0.2, 0.25) is 0 Å². The topological polar surface area (TPSA) is 24.9 Å². The zero-order valence-electron chi connectivity index (χ0n) is 7.36. The van der Waals surface area contributed by atoms with Crippen LogP contribution in [-0.2, 0) is 0 Å². The maximum absolute atomic E-state index is 3.99. The molecule has 0 amide bonds.